The number of pyridine rings is 1. The van der Waals surface area contributed by atoms with E-state index in [1.165, 1.54) is 7.11 Å². The number of hydrogen-bond acceptors (Lipinski definition) is 6. The van der Waals surface area contributed by atoms with Crippen LogP contribution in [0.2, 0.25) is 0 Å². The minimum Gasteiger partial charge on any atom is -0.493 e. The largest absolute Gasteiger partial charge is 0.493 e. The van der Waals surface area contributed by atoms with Crippen LogP contribution < -0.4 is 14.2 Å². The molecule has 8 nitrogen and oxygen atoms in total. The molecule has 0 saturated heterocycles. The lowest BCUT2D eigenvalue weighted by molar-refractivity contribution is -0.136. The smallest absolute Gasteiger partial charge is 0.307 e. The standard InChI is InChI=1S/C26H27N3O5/c1-17(2)34-24-14-21(16-33-26-19(13-25(30)31)8-6-10-23(26)32-3)29(28-24)15-20-12-11-18-7-4-5-9-22(18)27-20/h4-12,14,17H,13,15-16H2,1-3H3,(H,30,31). The van der Waals surface area contributed by atoms with Gasteiger partial charge >= 0.3 is 5.97 Å². The second kappa shape index (κ2) is 10.2. The quantitative estimate of drug-likeness (QED) is 0.372. The summed E-state index contributed by atoms with van der Waals surface area (Å²) in [4.78, 5) is 16.1. The first-order valence-electron chi connectivity index (χ1n) is 11.0. The summed E-state index contributed by atoms with van der Waals surface area (Å²) in [6, 6.07) is 19.0. The van der Waals surface area contributed by atoms with Gasteiger partial charge in [0.15, 0.2) is 11.5 Å². The number of benzene rings is 2. The third-order valence-corrected chi connectivity index (χ3v) is 5.15. The number of aliphatic carboxylic acids is 1. The van der Waals surface area contributed by atoms with E-state index in [0.29, 0.717) is 29.5 Å². The minimum absolute atomic E-state index is 0.0349. The number of carbonyl (C=O) groups is 1. The van der Waals surface area contributed by atoms with E-state index in [4.69, 9.17) is 19.2 Å². The van der Waals surface area contributed by atoms with Crippen molar-refractivity contribution in [3.8, 4) is 17.4 Å². The Morgan fingerprint density at radius 3 is 2.68 bits per heavy atom. The maximum absolute atomic E-state index is 11.3. The summed E-state index contributed by atoms with van der Waals surface area (Å²) < 4.78 is 19.1. The fourth-order valence-corrected chi connectivity index (χ4v) is 3.67. The first kappa shape index (κ1) is 23.1. The number of carboxylic acid groups (broad SMARTS) is 1. The van der Waals surface area contributed by atoms with Crippen molar-refractivity contribution in [1.82, 2.24) is 14.8 Å². The van der Waals surface area contributed by atoms with Crippen LogP contribution in [0.1, 0.15) is 30.8 Å². The van der Waals surface area contributed by atoms with Gasteiger partial charge in [-0.05, 0) is 32.0 Å². The van der Waals surface area contributed by atoms with Crippen LogP contribution in [0.25, 0.3) is 10.9 Å². The Balaban J connectivity index is 1.62. The molecule has 0 amide bonds. The van der Waals surface area contributed by atoms with Crippen molar-refractivity contribution in [2.24, 2.45) is 0 Å². The summed E-state index contributed by atoms with van der Waals surface area (Å²) in [7, 11) is 1.52. The zero-order chi connectivity index (χ0) is 24.1. The number of rotatable bonds is 10. The van der Waals surface area contributed by atoms with Gasteiger partial charge in [-0.1, -0.05) is 36.4 Å². The topological polar surface area (TPSA) is 95.7 Å². The van der Waals surface area contributed by atoms with Crippen LogP contribution >= 0.6 is 0 Å². The molecule has 0 aliphatic carbocycles. The Bertz CT molecular complexity index is 1300. The van der Waals surface area contributed by atoms with Gasteiger partial charge in [-0.15, -0.1) is 5.10 Å². The second-order valence-electron chi connectivity index (χ2n) is 8.10. The van der Waals surface area contributed by atoms with Crippen molar-refractivity contribution >= 4 is 16.9 Å². The molecule has 0 aliphatic heterocycles. The van der Waals surface area contributed by atoms with E-state index in [2.05, 4.69) is 5.10 Å². The number of carboxylic acids is 1. The second-order valence-corrected chi connectivity index (χ2v) is 8.10. The fraction of sp³-hybridized carbons (Fsp3) is 0.269. The van der Waals surface area contributed by atoms with Crippen molar-refractivity contribution in [3.63, 3.8) is 0 Å². The third kappa shape index (κ3) is 5.46. The molecule has 34 heavy (non-hydrogen) atoms. The highest BCUT2D eigenvalue weighted by Crippen LogP contribution is 2.32. The fourth-order valence-electron chi connectivity index (χ4n) is 3.67. The molecule has 176 valence electrons. The first-order valence-corrected chi connectivity index (χ1v) is 11.0. The monoisotopic (exact) mass is 461 g/mol. The molecule has 2 aromatic heterocycles. The maximum Gasteiger partial charge on any atom is 0.307 e. The Labute approximate surface area is 197 Å². The molecule has 0 spiro atoms. The van der Waals surface area contributed by atoms with Gasteiger partial charge in [0.25, 0.3) is 0 Å². The molecule has 0 fully saturated rings. The Kier molecular flexibility index (Phi) is 6.96. The Morgan fingerprint density at radius 1 is 1.09 bits per heavy atom. The SMILES string of the molecule is COc1cccc(CC(=O)O)c1OCc1cc(OC(C)C)nn1Cc1ccc2ccccc2n1. The molecular weight excluding hydrogens is 434 g/mol. The maximum atomic E-state index is 11.3. The van der Waals surface area contributed by atoms with E-state index in [0.717, 1.165) is 22.3 Å². The van der Waals surface area contributed by atoms with Gasteiger partial charge in [-0.25, -0.2) is 0 Å². The van der Waals surface area contributed by atoms with Gasteiger partial charge in [0.1, 0.15) is 6.61 Å². The van der Waals surface area contributed by atoms with Crippen molar-refractivity contribution in [2.45, 2.75) is 39.5 Å². The molecule has 0 aliphatic rings. The van der Waals surface area contributed by atoms with Crippen LogP contribution in [0.15, 0.2) is 60.7 Å². The molecule has 0 radical (unpaired) electrons. The zero-order valence-corrected chi connectivity index (χ0v) is 19.4. The molecule has 2 aromatic carbocycles. The molecule has 1 N–H and O–H groups in total. The van der Waals surface area contributed by atoms with E-state index in [-0.39, 0.29) is 19.1 Å². The first-order chi connectivity index (χ1) is 16.4. The summed E-state index contributed by atoms with van der Waals surface area (Å²) in [5.74, 6) is 0.410. The van der Waals surface area contributed by atoms with E-state index < -0.39 is 5.97 Å². The Hall–Kier alpha value is -4.07. The minimum atomic E-state index is -0.946. The predicted octanol–water partition coefficient (Wildman–Crippen LogP) is 4.48. The lowest BCUT2D eigenvalue weighted by atomic mass is 10.1. The highest BCUT2D eigenvalue weighted by atomic mass is 16.5. The summed E-state index contributed by atoms with van der Waals surface area (Å²) >= 11 is 0. The van der Waals surface area contributed by atoms with Gasteiger partial charge < -0.3 is 19.3 Å². The molecule has 8 heteroatoms. The number of hydrogen-bond donors (Lipinski definition) is 1. The summed E-state index contributed by atoms with van der Waals surface area (Å²) in [6.07, 6.45) is -0.207. The molecule has 0 saturated carbocycles. The highest BCUT2D eigenvalue weighted by Gasteiger charge is 2.17. The average molecular weight is 462 g/mol. The van der Waals surface area contributed by atoms with Gasteiger partial charge in [0.05, 0.1) is 43.1 Å². The number of methoxy groups -OCH3 is 1. The lowest BCUT2D eigenvalue weighted by Crippen LogP contribution is -2.12. The number of aromatic nitrogens is 3. The normalized spacial score (nSPS) is 11.1. The van der Waals surface area contributed by atoms with Crippen LogP contribution in [0.5, 0.6) is 17.4 Å². The molecule has 4 rings (SSSR count). The van der Waals surface area contributed by atoms with Crippen molar-refractivity contribution in [3.05, 3.63) is 77.6 Å². The van der Waals surface area contributed by atoms with Crippen LogP contribution in [0.3, 0.4) is 0 Å². The van der Waals surface area contributed by atoms with E-state index in [9.17, 15) is 9.90 Å². The molecule has 0 bridgehead atoms. The Morgan fingerprint density at radius 2 is 1.91 bits per heavy atom. The lowest BCUT2D eigenvalue weighted by Gasteiger charge is -2.15. The van der Waals surface area contributed by atoms with Crippen LogP contribution in [-0.2, 0) is 24.4 Å². The molecule has 0 unspecified atom stereocenters. The summed E-state index contributed by atoms with van der Waals surface area (Å²) in [6.45, 7) is 4.45. The van der Waals surface area contributed by atoms with Gasteiger partial charge in [-0.3, -0.25) is 14.5 Å². The van der Waals surface area contributed by atoms with Crippen molar-refractivity contribution < 1.29 is 24.1 Å². The number of nitrogens with zero attached hydrogens (tertiary/aromatic N) is 3. The molecule has 4 aromatic rings. The molecular formula is C26H27N3O5. The average Bonchev–Trinajstić information content (AvgIpc) is 3.17. The summed E-state index contributed by atoms with van der Waals surface area (Å²) in [5.41, 5.74) is 3.06. The predicted molar refractivity (Wildman–Crippen MR) is 128 cm³/mol. The highest BCUT2D eigenvalue weighted by molar-refractivity contribution is 5.78. The van der Waals surface area contributed by atoms with Gasteiger partial charge in [0, 0.05) is 17.0 Å². The van der Waals surface area contributed by atoms with E-state index in [1.807, 2.05) is 56.3 Å². The molecule has 0 atom stereocenters. The van der Waals surface area contributed by atoms with Crippen molar-refractivity contribution in [2.75, 3.05) is 7.11 Å². The van der Waals surface area contributed by atoms with E-state index >= 15 is 0 Å². The molecule has 2 heterocycles. The number of fused-ring (bicyclic) bond motifs is 1. The van der Waals surface area contributed by atoms with Crippen LogP contribution in [0, 0.1) is 0 Å². The summed E-state index contributed by atoms with van der Waals surface area (Å²) in [5, 5.41) is 14.9. The van der Waals surface area contributed by atoms with Crippen LogP contribution in [-0.4, -0.2) is 39.1 Å². The third-order valence-electron chi connectivity index (χ3n) is 5.15. The van der Waals surface area contributed by atoms with E-state index in [1.54, 1.807) is 22.9 Å². The number of ether oxygens (including phenoxy) is 3. The van der Waals surface area contributed by atoms with Gasteiger partial charge in [-0.2, -0.15) is 0 Å². The zero-order valence-electron chi connectivity index (χ0n) is 19.4. The van der Waals surface area contributed by atoms with Crippen molar-refractivity contribution in [1.29, 1.82) is 0 Å². The van der Waals surface area contributed by atoms with Gasteiger partial charge in [0.2, 0.25) is 5.88 Å². The van der Waals surface area contributed by atoms with Crippen LogP contribution in [0.4, 0.5) is 0 Å². The number of para-hydroxylation sites is 2.